The number of carbonyl (C=O) groups is 2. The Morgan fingerprint density at radius 1 is 1.21 bits per heavy atom. The summed E-state index contributed by atoms with van der Waals surface area (Å²) in [5, 5.41) is 2.40. The molecule has 0 unspecified atom stereocenters. The zero-order valence-corrected chi connectivity index (χ0v) is 13.6. The van der Waals surface area contributed by atoms with Crippen molar-refractivity contribution in [3.63, 3.8) is 0 Å². The quantitative estimate of drug-likeness (QED) is 0.873. The van der Waals surface area contributed by atoms with Crippen LogP contribution in [0.15, 0.2) is 24.3 Å². The first-order valence-corrected chi connectivity index (χ1v) is 8.42. The lowest BCUT2D eigenvalue weighted by atomic mass is 10.2. The zero-order chi connectivity index (χ0) is 17.6. The Bertz CT molecular complexity index is 590. The molecule has 1 fully saturated rings. The summed E-state index contributed by atoms with van der Waals surface area (Å²) >= 11 is 1.13. The number of hydrogen-bond donors (Lipinski definition) is 1. The van der Waals surface area contributed by atoms with Crippen LogP contribution >= 0.6 is 11.8 Å². The second kappa shape index (κ2) is 8.39. The van der Waals surface area contributed by atoms with E-state index in [0.29, 0.717) is 26.3 Å². The summed E-state index contributed by atoms with van der Waals surface area (Å²) in [5.74, 6) is -0.383. The smallest absolute Gasteiger partial charge is 0.378 e. The van der Waals surface area contributed by atoms with Gasteiger partial charge in [-0.1, -0.05) is 6.07 Å². The van der Waals surface area contributed by atoms with Gasteiger partial charge in [0.2, 0.25) is 11.8 Å². The standard InChI is InChI=1S/C15H17F3N2O3S/c16-15(17,18)11-2-1-3-12(8-11)19-13(21)9-24-10-14(22)20-4-6-23-7-5-20/h1-3,8H,4-7,9-10H2,(H,19,21). The fraction of sp³-hybridized carbons (Fsp3) is 0.467. The van der Waals surface area contributed by atoms with Crippen molar-refractivity contribution < 1.29 is 27.5 Å². The minimum atomic E-state index is -4.46. The van der Waals surface area contributed by atoms with Gasteiger partial charge in [-0.15, -0.1) is 11.8 Å². The van der Waals surface area contributed by atoms with Crippen LogP contribution in [0.1, 0.15) is 5.56 Å². The maximum Gasteiger partial charge on any atom is 0.416 e. The van der Waals surface area contributed by atoms with Gasteiger partial charge in [0.25, 0.3) is 0 Å². The molecule has 132 valence electrons. The molecule has 2 rings (SSSR count). The Kier molecular flexibility index (Phi) is 6.50. The molecule has 24 heavy (non-hydrogen) atoms. The summed E-state index contributed by atoms with van der Waals surface area (Å²) in [6.45, 7) is 2.09. The van der Waals surface area contributed by atoms with Crippen molar-refractivity contribution in [2.24, 2.45) is 0 Å². The number of nitrogens with one attached hydrogen (secondary N) is 1. The van der Waals surface area contributed by atoms with Crippen LogP contribution in [0.3, 0.4) is 0 Å². The number of morpholine rings is 1. The van der Waals surface area contributed by atoms with Crippen molar-refractivity contribution >= 4 is 29.3 Å². The number of alkyl halides is 3. The summed E-state index contributed by atoms with van der Waals surface area (Å²) in [6.07, 6.45) is -4.46. The summed E-state index contributed by atoms with van der Waals surface area (Å²) in [5.41, 5.74) is -0.745. The van der Waals surface area contributed by atoms with E-state index in [1.54, 1.807) is 4.90 Å². The average molecular weight is 362 g/mol. The first kappa shape index (κ1) is 18.6. The van der Waals surface area contributed by atoms with Gasteiger partial charge in [-0.3, -0.25) is 9.59 Å². The lowest BCUT2D eigenvalue weighted by Gasteiger charge is -2.26. The highest BCUT2D eigenvalue weighted by Crippen LogP contribution is 2.30. The molecule has 5 nitrogen and oxygen atoms in total. The molecule has 0 atom stereocenters. The topological polar surface area (TPSA) is 58.6 Å². The highest BCUT2D eigenvalue weighted by Gasteiger charge is 2.30. The third-order valence-electron chi connectivity index (χ3n) is 3.30. The van der Waals surface area contributed by atoms with Gasteiger partial charge in [-0.05, 0) is 18.2 Å². The van der Waals surface area contributed by atoms with Gasteiger partial charge in [0.05, 0.1) is 30.3 Å². The van der Waals surface area contributed by atoms with Crippen LogP contribution in [0.4, 0.5) is 18.9 Å². The Morgan fingerprint density at radius 3 is 2.58 bits per heavy atom. The van der Waals surface area contributed by atoms with Gasteiger partial charge in [-0.25, -0.2) is 0 Å². The molecule has 1 aliphatic heterocycles. The predicted molar refractivity (Wildman–Crippen MR) is 84.8 cm³/mol. The number of carbonyl (C=O) groups excluding carboxylic acids is 2. The van der Waals surface area contributed by atoms with E-state index in [1.807, 2.05) is 0 Å². The number of thioether (sulfide) groups is 1. The van der Waals surface area contributed by atoms with Gasteiger partial charge in [-0.2, -0.15) is 13.2 Å². The van der Waals surface area contributed by atoms with E-state index in [9.17, 15) is 22.8 Å². The van der Waals surface area contributed by atoms with Crippen molar-refractivity contribution in [1.82, 2.24) is 4.90 Å². The number of hydrogen-bond acceptors (Lipinski definition) is 4. The lowest BCUT2D eigenvalue weighted by molar-refractivity contribution is -0.137. The predicted octanol–water partition coefficient (Wildman–Crippen LogP) is 2.24. The Hall–Kier alpha value is -1.74. The molecule has 0 radical (unpaired) electrons. The van der Waals surface area contributed by atoms with Crippen molar-refractivity contribution in [3.8, 4) is 0 Å². The number of anilines is 1. The van der Waals surface area contributed by atoms with Crippen molar-refractivity contribution in [3.05, 3.63) is 29.8 Å². The fourth-order valence-electron chi connectivity index (χ4n) is 2.11. The van der Waals surface area contributed by atoms with Gasteiger partial charge >= 0.3 is 6.18 Å². The van der Waals surface area contributed by atoms with Crippen LogP contribution in [0.25, 0.3) is 0 Å². The van der Waals surface area contributed by atoms with Crippen LogP contribution in [-0.2, 0) is 20.5 Å². The van der Waals surface area contributed by atoms with E-state index >= 15 is 0 Å². The third-order valence-corrected chi connectivity index (χ3v) is 4.21. The van der Waals surface area contributed by atoms with Crippen LogP contribution < -0.4 is 5.32 Å². The maximum absolute atomic E-state index is 12.6. The van der Waals surface area contributed by atoms with E-state index in [4.69, 9.17) is 4.74 Å². The highest BCUT2D eigenvalue weighted by atomic mass is 32.2. The van der Waals surface area contributed by atoms with Gasteiger partial charge in [0, 0.05) is 18.8 Å². The Labute approximate surface area is 141 Å². The zero-order valence-electron chi connectivity index (χ0n) is 12.8. The average Bonchev–Trinajstić information content (AvgIpc) is 2.55. The second-order valence-corrected chi connectivity index (χ2v) is 6.10. The Balaban J connectivity index is 1.76. The van der Waals surface area contributed by atoms with Crippen molar-refractivity contribution in [2.75, 3.05) is 43.1 Å². The number of nitrogens with zero attached hydrogens (tertiary/aromatic N) is 1. The third kappa shape index (κ3) is 5.72. The molecule has 0 saturated carbocycles. The Morgan fingerprint density at radius 2 is 1.92 bits per heavy atom. The van der Waals surface area contributed by atoms with Crippen molar-refractivity contribution in [1.29, 1.82) is 0 Å². The van der Waals surface area contributed by atoms with Gasteiger partial charge in [0.15, 0.2) is 0 Å². The van der Waals surface area contributed by atoms with E-state index in [-0.39, 0.29) is 23.1 Å². The summed E-state index contributed by atoms with van der Waals surface area (Å²) in [6, 6.07) is 4.43. The number of halogens is 3. The molecule has 0 aromatic heterocycles. The summed E-state index contributed by atoms with van der Waals surface area (Å²) in [4.78, 5) is 25.3. The summed E-state index contributed by atoms with van der Waals surface area (Å²) < 4.78 is 43.0. The molecule has 0 bridgehead atoms. The van der Waals surface area contributed by atoms with Crippen LogP contribution in [0, 0.1) is 0 Å². The minimum absolute atomic E-state index is 0.00761. The normalized spacial score (nSPS) is 15.2. The molecule has 1 aromatic carbocycles. The molecule has 1 saturated heterocycles. The molecule has 1 aromatic rings. The van der Waals surface area contributed by atoms with Crippen LogP contribution in [-0.4, -0.2) is 54.5 Å². The maximum atomic E-state index is 12.6. The monoisotopic (exact) mass is 362 g/mol. The molecule has 1 N–H and O–H groups in total. The molecular formula is C15H17F3N2O3S. The molecule has 1 heterocycles. The largest absolute Gasteiger partial charge is 0.416 e. The van der Waals surface area contributed by atoms with Gasteiger partial charge < -0.3 is 15.0 Å². The summed E-state index contributed by atoms with van der Waals surface area (Å²) in [7, 11) is 0. The van der Waals surface area contributed by atoms with E-state index in [0.717, 1.165) is 23.9 Å². The van der Waals surface area contributed by atoms with E-state index < -0.39 is 17.6 Å². The molecule has 9 heteroatoms. The second-order valence-electron chi connectivity index (χ2n) is 5.11. The first-order valence-electron chi connectivity index (χ1n) is 7.26. The lowest BCUT2D eigenvalue weighted by Crippen LogP contribution is -2.41. The van der Waals surface area contributed by atoms with Crippen molar-refractivity contribution in [2.45, 2.75) is 6.18 Å². The number of benzene rings is 1. The van der Waals surface area contributed by atoms with Gasteiger partial charge in [0.1, 0.15) is 0 Å². The molecule has 0 spiro atoms. The number of rotatable bonds is 5. The fourth-order valence-corrected chi connectivity index (χ4v) is 2.82. The van der Waals surface area contributed by atoms with Crippen LogP contribution in [0.2, 0.25) is 0 Å². The minimum Gasteiger partial charge on any atom is -0.378 e. The van der Waals surface area contributed by atoms with Crippen LogP contribution in [0.5, 0.6) is 0 Å². The molecule has 0 aliphatic carbocycles. The van der Waals surface area contributed by atoms with E-state index in [1.165, 1.54) is 12.1 Å². The highest BCUT2D eigenvalue weighted by molar-refractivity contribution is 8.00. The molecule has 2 amide bonds. The molecular weight excluding hydrogens is 345 g/mol. The number of amides is 2. The first-order chi connectivity index (χ1) is 11.4. The molecule has 1 aliphatic rings. The SMILES string of the molecule is O=C(CSCC(=O)N1CCOCC1)Nc1cccc(C(F)(F)F)c1. The number of ether oxygens (including phenoxy) is 1. The van der Waals surface area contributed by atoms with E-state index in [2.05, 4.69) is 5.32 Å².